The monoisotopic (exact) mass is 323 g/mol. The first-order valence-corrected chi connectivity index (χ1v) is 7.63. The Bertz CT molecular complexity index is 760. The molecule has 5 heteroatoms. The lowest BCUT2D eigenvalue weighted by Gasteiger charge is -2.07. The van der Waals surface area contributed by atoms with Crippen LogP contribution < -0.4 is 4.74 Å². The minimum absolute atomic E-state index is 0.254. The fourth-order valence-corrected chi connectivity index (χ4v) is 1.93. The summed E-state index contributed by atoms with van der Waals surface area (Å²) in [7, 11) is 0. The number of nitrogens with zero attached hydrogens (tertiary/aromatic N) is 1. The summed E-state index contributed by atoms with van der Waals surface area (Å²) in [6, 6.07) is 14.4. The van der Waals surface area contributed by atoms with E-state index in [1.165, 1.54) is 6.07 Å². The average molecular weight is 323 g/mol. The van der Waals surface area contributed by atoms with Gasteiger partial charge in [0.05, 0.1) is 29.4 Å². The molecule has 24 heavy (non-hydrogen) atoms. The van der Waals surface area contributed by atoms with Crippen LogP contribution in [0.15, 0.2) is 48.5 Å². The number of benzene rings is 2. The summed E-state index contributed by atoms with van der Waals surface area (Å²) >= 11 is 0. The largest absolute Gasteiger partial charge is 0.462 e. The molecule has 0 spiro atoms. The third-order valence-electron chi connectivity index (χ3n) is 3.26. The normalized spacial score (nSPS) is 9.83. The van der Waals surface area contributed by atoms with Crippen molar-refractivity contribution in [1.29, 1.82) is 5.26 Å². The van der Waals surface area contributed by atoms with Crippen LogP contribution >= 0.6 is 0 Å². The molecule has 2 rings (SSSR count). The fourth-order valence-electron chi connectivity index (χ4n) is 1.93. The number of hydrogen-bond acceptors (Lipinski definition) is 5. The Morgan fingerprint density at radius 1 is 1.04 bits per heavy atom. The highest BCUT2D eigenvalue weighted by Gasteiger charge is 2.13. The molecule has 0 aliphatic heterocycles. The molecule has 2 aromatic rings. The maximum atomic E-state index is 12.2. The molecule has 2 aromatic carbocycles. The first-order chi connectivity index (χ1) is 11.6. The van der Waals surface area contributed by atoms with Gasteiger partial charge in [-0.1, -0.05) is 19.4 Å². The second-order valence-corrected chi connectivity index (χ2v) is 5.10. The van der Waals surface area contributed by atoms with Crippen molar-refractivity contribution < 1.29 is 19.1 Å². The third kappa shape index (κ3) is 4.68. The van der Waals surface area contributed by atoms with E-state index in [-0.39, 0.29) is 5.56 Å². The molecule has 0 bridgehead atoms. The molecule has 0 amide bonds. The van der Waals surface area contributed by atoms with Gasteiger partial charge in [0, 0.05) is 0 Å². The van der Waals surface area contributed by atoms with Crippen LogP contribution in [0.4, 0.5) is 0 Å². The molecule has 122 valence electrons. The van der Waals surface area contributed by atoms with Gasteiger partial charge in [-0.25, -0.2) is 9.59 Å². The van der Waals surface area contributed by atoms with Crippen LogP contribution in [-0.4, -0.2) is 18.5 Å². The average Bonchev–Trinajstić information content (AvgIpc) is 2.62. The lowest BCUT2D eigenvalue weighted by Crippen LogP contribution is -2.11. The van der Waals surface area contributed by atoms with Crippen molar-refractivity contribution in [2.75, 3.05) is 6.61 Å². The number of nitriles is 1. The first kappa shape index (κ1) is 17.2. The number of esters is 2. The van der Waals surface area contributed by atoms with E-state index in [1.807, 2.05) is 13.0 Å². The number of carbonyl (C=O) groups excluding carboxylic acids is 2. The quantitative estimate of drug-likeness (QED) is 0.460. The Kier molecular flexibility index (Phi) is 6.09. The van der Waals surface area contributed by atoms with Crippen LogP contribution in [-0.2, 0) is 4.74 Å². The summed E-state index contributed by atoms with van der Waals surface area (Å²) in [6.07, 6.45) is 1.73. The first-order valence-electron chi connectivity index (χ1n) is 7.63. The molecule has 0 aliphatic carbocycles. The van der Waals surface area contributed by atoms with Gasteiger partial charge in [0.1, 0.15) is 5.75 Å². The molecule has 5 nitrogen and oxygen atoms in total. The van der Waals surface area contributed by atoms with Gasteiger partial charge in [0.25, 0.3) is 0 Å². The Labute approximate surface area is 140 Å². The molecule has 0 N–H and O–H groups in total. The van der Waals surface area contributed by atoms with Gasteiger partial charge >= 0.3 is 11.9 Å². The summed E-state index contributed by atoms with van der Waals surface area (Å²) in [6.45, 7) is 2.36. The molecule has 0 unspecified atom stereocenters. The SMILES string of the molecule is CCCCOC(=O)c1cccc(C(=O)Oc2ccc(C#N)cc2)c1. The Morgan fingerprint density at radius 3 is 2.33 bits per heavy atom. The number of unbranched alkanes of at least 4 members (excludes halogenated alkanes) is 1. The number of rotatable bonds is 6. The summed E-state index contributed by atoms with van der Waals surface area (Å²) < 4.78 is 10.4. The highest BCUT2D eigenvalue weighted by atomic mass is 16.5. The highest BCUT2D eigenvalue weighted by Crippen LogP contribution is 2.15. The lowest BCUT2D eigenvalue weighted by molar-refractivity contribution is 0.0499. The number of ether oxygens (including phenoxy) is 2. The maximum absolute atomic E-state index is 12.2. The topological polar surface area (TPSA) is 76.4 Å². The van der Waals surface area contributed by atoms with E-state index in [1.54, 1.807) is 42.5 Å². The van der Waals surface area contributed by atoms with Crippen molar-refractivity contribution in [1.82, 2.24) is 0 Å². The van der Waals surface area contributed by atoms with Gasteiger partial charge < -0.3 is 9.47 Å². The van der Waals surface area contributed by atoms with Gasteiger partial charge in [-0.2, -0.15) is 5.26 Å². The van der Waals surface area contributed by atoms with Crippen LogP contribution in [0.3, 0.4) is 0 Å². The van der Waals surface area contributed by atoms with E-state index in [0.29, 0.717) is 23.5 Å². The fraction of sp³-hybridized carbons (Fsp3) is 0.211. The van der Waals surface area contributed by atoms with Crippen molar-refractivity contribution in [3.05, 3.63) is 65.2 Å². The van der Waals surface area contributed by atoms with Crippen molar-refractivity contribution in [3.63, 3.8) is 0 Å². The van der Waals surface area contributed by atoms with E-state index in [2.05, 4.69) is 0 Å². The van der Waals surface area contributed by atoms with Crippen molar-refractivity contribution in [2.24, 2.45) is 0 Å². The van der Waals surface area contributed by atoms with Crippen LogP contribution in [0.5, 0.6) is 5.75 Å². The molecule has 0 saturated carbocycles. The predicted molar refractivity (Wildman–Crippen MR) is 87.7 cm³/mol. The van der Waals surface area contributed by atoms with Crippen molar-refractivity contribution in [3.8, 4) is 11.8 Å². The van der Waals surface area contributed by atoms with Crippen LogP contribution in [0.2, 0.25) is 0 Å². The van der Waals surface area contributed by atoms with Crippen molar-refractivity contribution in [2.45, 2.75) is 19.8 Å². The summed E-state index contributed by atoms with van der Waals surface area (Å²) in [5.74, 6) is -0.714. The predicted octanol–water partition coefficient (Wildman–Crippen LogP) is 3.73. The zero-order valence-corrected chi connectivity index (χ0v) is 13.3. The van der Waals surface area contributed by atoms with Gasteiger partial charge in [-0.15, -0.1) is 0 Å². The number of carbonyl (C=O) groups is 2. The van der Waals surface area contributed by atoms with Crippen molar-refractivity contribution >= 4 is 11.9 Å². The Morgan fingerprint density at radius 2 is 1.71 bits per heavy atom. The van der Waals surface area contributed by atoms with Crippen LogP contribution in [0.1, 0.15) is 46.0 Å². The summed E-state index contributed by atoms with van der Waals surface area (Å²) in [4.78, 5) is 24.1. The molecule has 0 aromatic heterocycles. The van der Waals surface area contributed by atoms with Gasteiger partial charge in [-0.05, 0) is 48.9 Å². The summed E-state index contributed by atoms with van der Waals surface area (Å²) in [5, 5.41) is 8.75. The molecule has 0 heterocycles. The molecule has 0 aliphatic rings. The zero-order chi connectivity index (χ0) is 17.4. The van der Waals surface area contributed by atoms with Crippen LogP contribution in [0, 0.1) is 11.3 Å². The van der Waals surface area contributed by atoms with E-state index in [0.717, 1.165) is 12.8 Å². The lowest BCUT2D eigenvalue weighted by atomic mass is 10.1. The zero-order valence-electron chi connectivity index (χ0n) is 13.3. The highest BCUT2D eigenvalue weighted by molar-refractivity contribution is 5.96. The molecule has 0 radical (unpaired) electrons. The minimum atomic E-state index is -0.581. The second-order valence-electron chi connectivity index (χ2n) is 5.10. The third-order valence-corrected chi connectivity index (χ3v) is 3.26. The minimum Gasteiger partial charge on any atom is -0.462 e. The molecule has 0 fully saturated rings. The molecule has 0 saturated heterocycles. The van der Waals surface area contributed by atoms with Gasteiger partial charge in [0.15, 0.2) is 0 Å². The smallest absolute Gasteiger partial charge is 0.343 e. The van der Waals surface area contributed by atoms with E-state index < -0.39 is 11.9 Å². The molecular weight excluding hydrogens is 306 g/mol. The van der Waals surface area contributed by atoms with E-state index in [9.17, 15) is 9.59 Å². The number of hydrogen-bond donors (Lipinski definition) is 0. The molecular formula is C19H17NO4. The van der Waals surface area contributed by atoms with Gasteiger partial charge in [-0.3, -0.25) is 0 Å². The van der Waals surface area contributed by atoms with E-state index >= 15 is 0 Å². The standard InChI is InChI=1S/C19H17NO4/c1-2-3-11-23-18(21)15-5-4-6-16(12-15)19(22)24-17-9-7-14(13-20)8-10-17/h4-10,12H,2-3,11H2,1H3. The second kappa shape index (κ2) is 8.49. The van der Waals surface area contributed by atoms with Gasteiger partial charge in [0.2, 0.25) is 0 Å². The Hall–Kier alpha value is -3.13. The Balaban J connectivity index is 2.05. The van der Waals surface area contributed by atoms with E-state index in [4.69, 9.17) is 14.7 Å². The molecule has 0 atom stereocenters. The maximum Gasteiger partial charge on any atom is 0.343 e. The van der Waals surface area contributed by atoms with Crippen LogP contribution in [0.25, 0.3) is 0 Å². The summed E-state index contributed by atoms with van der Waals surface area (Å²) in [5.41, 5.74) is 1.04.